The molecule has 0 spiro atoms. The summed E-state index contributed by atoms with van der Waals surface area (Å²) < 4.78 is 54.4. The number of amides is 2. The number of aryl methyl sites for hydroxylation is 1. The van der Waals surface area contributed by atoms with Gasteiger partial charge in [0, 0.05) is 26.2 Å². The maximum Gasteiger partial charge on any atom is 0.417 e. The first-order chi connectivity index (χ1) is 15.7. The lowest BCUT2D eigenvalue weighted by atomic mass is 10.2. The third-order valence-corrected chi connectivity index (χ3v) is 4.41. The normalized spacial score (nSPS) is 12.4. The van der Waals surface area contributed by atoms with Crippen molar-refractivity contribution in [1.29, 1.82) is 0 Å². The first-order valence-electron chi connectivity index (χ1n) is 9.62. The Bertz CT molecular complexity index is 1100. The maximum atomic E-state index is 14.3. The van der Waals surface area contributed by atoms with Gasteiger partial charge in [0.1, 0.15) is 6.17 Å². The second-order valence-electron chi connectivity index (χ2n) is 6.88. The lowest BCUT2D eigenvalue weighted by Gasteiger charge is -2.07. The highest BCUT2D eigenvalue weighted by Crippen LogP contribution is 2.28. The number of alkyl halides is 4. The summed E-state index contributed by atoms with van der Waals surface area (Å²) in [6.45, 7) is -0.114. The standard InChI is InChI=1S/C18H19F4N9O2/c1-23-16(32)14-9-30(28-26-14)5-4-12(19)8-31-10-15(27-29-31)17(33)25-7-13-3-2-11(6-24-13)18(20,21)22/h2-3,6,9-10,12H,4-5,7-8H2,1H3,(H,23,32)(H,25,33). The predicted molar refractivity (Wildman–Crippen MR) is 103 cm³/mol. The zero-order chi connectivity index (χ0) is 24.0. The number of rotatable bonds is 9. The van der Waals surface area contributed by atoms with Crippen molar-refractivity contribution in [3.63, 3.8) is 0 Å². The van der Waals surface area contributed by atoms with Crippen molar-refractivity contribution in [2.24, 2.45) is 0 Å². The molecular formula is C18H19F4N9O2. The third-order valence-electron chi connectivity index (χ3n) is 4.41. The van der Waals surface area contributed by atoms with Gasteiger partial charge in [-0.3, -0.25) is 19.3 Å². The van der Waals surface area contributed by atoms with Crippen LogP contribution in [-0.2, 0) is 25.8 Å². The van der Waals surface area contributed by atoms with E-state index in [0.717, 1.165) is 16.8 Å². The highest BCUT2D eigenvalue weighted by Gasteiger charge is 2.30. The average Bonchev–Trinajstić information content (AvgIpc) is 3.45. The van der Waals surface area contributed by atoms with E-state index < -0.39 is 29.7 Å². The lowest BCUT2D eigenvalue weighted by molar-refractivity contribution is -0.137. The molecule has 3 heterocycles. The molecule has 1 unspecified atom stereocenters. The zero-order valence-electron chi connectivity index (χ0n) is 17.3. The number of halogens is 4. The fourth-order valence-electron chi connectivity index (χ4n) is 2.66. The molecule has 0 aliphatic rings. The molecule has 0 aliphatic carbocycles. The van der Waals surface area contributed by atoms with Crippen molar-refractivity contribution in [2.75, 3.05) is 7.05 Å². The first-order valence-corrected chi connectivity index (χ1v) is 9.62. The Hall–Kier alpha value is -3.91. The Morgan fingerprint density at radius 1 is 1.06 bits per heavy atom. The SMILES string of the molecule is CNC(=O)c1cn(CCC(F)Cn2cc(C(=O)NCc3ccc(C(F)(F)F)cn3)nn2)nn1. The number of aromatic nitrogens is 7. The highest BCUT2D eigenvalue weighted by atomic mass is 19.4. The van der Waals surface area contributed by atoms with Crippen LogP contribution in [0.25, 0.3) is 0 Å². The number of hydrogen-bond donors (Lipinski definition) is 2. The number of carbonyl (C=O) groups excluding carboxylic acids is 2. The highest BCUT2D eigenvalue weighted by molar-refractivity contribution is 5.92. The van der Waals surface area contributed by atoms with Crippen LogP contribution in [0.2, 0.25) is 0 Å². The average molecular weight is 469 g/mol. The lowest BCUT2D eigenvalue weighted by Crippen LogP contribution is -2.24. The molecule has 0 aliphatic heterocycles. The molecule has 1 atom stereocenters. The number of pyridine rings is 1. The minimum Gasteiger partial charge on any atom is -0.354 e. The van der Waals surface area contributed by atoms with Crippen molar-refractivity contribution in [1.82, 2.24) is 45.6 Å². The summed E-state index contributed by atoms with van der Waals surface area (Å²) in [6.07, 6.45) is -2.46. The second kappa shape index (κ2) is 10.1. The molecule has 0 radical (unpaired) electrons. The Labute approximate surface area is 184 Å². The summed E-state index contributed by atoms with van der Waals surface area (Å²) in [4.78, 5) is 27.3. The predicted octanol–water partition coefficient (Wildman–Crippen LogP) is 1.00. The van der Waals surface area contributed by atoms with Gasteiger partial charge in [-0.25, -0.2) is 9.07 Å². The number of carbonyl (C=O) groups is 2. The molecule has 2 N–H and O–H groups in total. The van der Waals surface area contributed by atoms with Gasteiger partial charge in [-0.05, 0) is 12.1 Å². The van der Waals surface area contributed by atoms with Crippen LogP contribution in [0.15, 0.2) is 30.7 Å². The summed E-state index contributed by atoms with van der Waals surface area (Å²) >= 11 is 0. The van der Waals surface area contributed by atoms with Gasteiger partial charge in [0.25, 0.3) is 11.8 Å². The van der Waals surface area contributed by atoms with Crippen LogP contribution in [-0.4, -0.2) is 60.0 Å². The van der Waals surface area contributed by atoms with Gasteiger partial charge < -0.3 is 10.6 Å². The second-order valence-corrected chi connectivity index (χ2v) is 6.88. The number of hydrogen-bond acceptors (Lipinski definition) is 7. The topological polar surface area (TPSA) is 133 Å². The molecule has 33 heavy (non-hydrogen) atoms. The van der Waals surface area contributed by atoms with Crippen molar-refractivity contribution >= 4 is 11.8 Å². The van der Waals surface area contributed by atoms with Gasteiger partial charge in [0.15, 0.2) is 11.4 Å². The minimum atomic E-state index is -4.49. The molecular weight excluding hydrogens is 450 g/mol. The maximum absolute atomic E-state index is 14.3. The Balaban J connectivity index is 1.46. The van der Waals surface area contributed by atoms with Gasteiger partial charge in [-0.1, -0.05) is 10.4 Å². The van der Waals surface area contributed by atoms with Gasteiger partial charge in [0.05, 0.1) is 36.7 Å². The fraction of sp³-hybridized carbons (Fsp3) is 0.389. The molecule has 11 nitrogen and oxygen atoms in total. The summed E-state index contributed by atoms with van der Waals surface area (Å²) in [6, 6.07) is 2.02. The molecule has 0 saturated heterocycles. The van der Waals surface area contributed by atoms with Gasteiger partial charge in [0.2, 0.25) is 0 Å². The van der Waals surface area contributed by atoms with Crippen molar-refractivity contribution in [2.45, 2.75) is 38.4 Å². The minimum absolute atomic E-state index is 0.0531. The Kier molecular flexibility index (Phi) is 7.30. The van der Waals surface area contributed by atoms with E-state index in [-0.39, 0.29) is 43.1 Å². The van der Waals surface area contributed by atoms with Crippen LogP contribution < -0.4 is 10.6 Å². The van der Waals surface area contributed by atoms with Crippen LogP contribution in [0.3, 0.4) is 0 Å². The number of nitrogens with zero attached hydrogens (tertiary/aromatic N) is 7. The van der Waals surface area contributed by atoms with E-state index in [1.165, 1.54) is 24.1 Å². The van der Waals surface area contributed by atoms with Crippen molar-refractivity contribution in [3.8, 4) is 0 Å². The monoisotopic (exact) mass is 469 g/mol. The third kappa shape index (κ3) is 6.54. The molecule has 2 amide bonds. The molecule has 0 aromatic carbocycles. The van der Waals surface area contributed by atoms with E-state index in [9.17, 15) is 27.2 Å². The summed E-state index contributed by atoms with van der Waals surface area (Å²) in [5, 5.41) is 19.7. The van der Waals surface area contributed by atoms with E-state index in [0.29, 0.717) is 6.20 Å². The largest absolute Gasteiger partial charge is 0.417 e. The Morgan fingerprint density at radius 3 is 2.36 bits per heavy atom. The van der Waals surface area contributed by atoms with E-state index in [1.54, 1.807) is 0 Å². The molecule has 3 aromatic heterocycles. The zero-order valence-corrected chi connectivity index (χ0v) is 17.3. The summed E-state index contributed by atoms with van der Waals surface area (Å²) in [5.41, 5.74) is -0.635. The van der Waals surface area contributed by atoms with Crippen molar-refractivity contribution in [3.05, 3.63) is 53.4 Å². The van der Waals surface area contributed by atoms with Crippen molar-refractivity contribution < 1.29 is 27.2 Å². The van der Waals surface area contributed by atoms with Crippen LogP contribution in [0.4, 0.5) is 17.6 Å². The van der Waals surface area contributed by atoms with Crippen LogP contribution in [0.1, 0.15) is 38.7 Å². The number of nitrogens with one attached hydrogen (secondary N) is 2. The molecule has 0 fully saturated rings. The smallest absolute Gasteiger partial charge is 0.354 e. The van der Waals surface area contributed by atoms with Gasteiger partial charge >= 0.3 is 6.18 Å². The van der Waals surface area contributed by atoms with Gasteiger partial charge in [-0.2, -0.15) is 13.2 Å². The van der Waals surface area contributed by atoms with Crippen LogP contribution in [0.5, 0.6) is 0 Å². The van der Waals surface area contributed by atoms with E-state index >= 15 is 0 Å². The fourth-order valence-corrected chi connectivity index (χ4v) is 2.66. The van der Waals surface area contributed by atoms with Gasteiger partial charge in [-0.15, -0.1) is 10.2 Å². The quantitative estimate of drug-likeness (QED) is 0.447. The Morgan fingerprint density at radius 2 is 1.73 bits per heavy atom. The first kappa shape index (κ1) is 23.7. The van der Waals surface area contributed by atoms with E-state index in [2.05, 4.69) is 36.2 Å². The molecule has 176 valence electrons. The van der Waals surface area contributed by atoms with E-state index in [4.69, 9.17) is 0 Å². The molecule has 0 bridgehead atoms. The van der Waals surface area contributed by atoms with Crippen LogP contribution in [0, 0.1) is 0 Å². The summed E-state index contributed by atoms with van der Waals surface area (Å²) in [5.74, 6) is -1.04. The molecule has 3 aromatic rings. The van der Waals surface area contributed by atoms with E-state index in [1.807, 2.05) is 0 Å². The molecule has 0 saturated carbocycles. The summed E-state index contributed by atoms with van der Waals surface area (Å²) in [7, 11) is 1.46. The molecule has 3 rings (SSSR count). The van der Waals surface area contributed by atoms with Crippen LogP contribution >= 0.6 is 0 Å². The molecule has 15 heteroatoms.